The topological polar surface area (TPSA) is 64.3 Å². The van der Waals surface area contributed by atoms with Gasteiger partial charge in [-0.3, -0.25) is 4.79 Å². The highest BCUT2D eigenvalue weighted by Crippen LogP contribution is 2.26. The molecule has 0 heterocycles. The van der Waals surface area contributed by atoms with E-state index in [0.717, 1.165) is 6.07 Å². The minimum atomic E-state index is -0.965. The Labute approximate surface area is 102 Å². The lowest BCUT2D eigenvalue weighted by atomic mass is 10.2. The molecule has 94 valence electrons. The smallest absolute Gasteiger partial charge is 0.243 e. The Kier molecular flexibility index (Phi) is 4.80. The molecule has 7 heteroatoms. The molecule has 0 saturated carbocycles. The Balaban J connectivity index is 2.85. The molecular formula is C10H11ClF2N2O2. The van der Waals surface area contributed by atoms with E-state index < -0.39 is 23.6 Å². The average Bonchev–Trinajstić information content (AvgIpc) is 2.23. The fraction of sp³-hybridized carbons (Fsp3) is 0.300. The minimum absolute atomic E-state index is 0.0216. The van der Waals surface area contributed by atoms with Gasteiger partial charge >= 0.3 is 0 Å². The molecule has 0 radical (unpaired) electrons. The number of nitrogens with one attached hydrogen (secondary N) is 1. The largest absolute Gasteiger partial charge is 0.383 e. The third-order valence-electron chi connectivity index (χ3n) is 1.94. The van der Waals surface area contributed by atoms with Crippen molar-refractivity contribution < 1.29 is 18.3 Å². The fourth-order valence-corrected chi connectivity index (χ4v) is 1.37. The third-order valence-corrected chi connectivity index (χ3v) is 2.24. The highest BCUT2D eigenvalue weighted by Gasteiger charge is 2.17. The quantitative estimate of drug-likeness (QED) is 0.867. The van der Waals surface area contributed by atoms with Gasteiger partial charge in [-0.2, -0.15) is 0 Å². The summed E-state index contributed by atoms with van der Waals surface area (Å²) in [6, 6.07) is 0.548. The first-order valence-electron chi connectivity index (χ1n) is 4.65. The van der Waals surface area contributed by atoms with Crippen LogP contribution in [0.2, 0.25) is 5.02 Å². The Bertz CT molecular complexity index is 406. The zero-order valence-electron chi connectivity index (χ0n) is 8.97. The molecule has 1 aromatic rings. The van der Waals surface area contributed by atoms with E-state index in [4.69, 9.17) is 17.3 Å². The van der Waals surface area contributed by atoms with Gasteiger partial charge in [0.15, 0.2) is 5.82 Å². The second kappa shape index (κ2) is 5.90. The summed E-state index contributed by atoms with van der Waals surface area (Å²) in [6.45, 7) is -0.0216. The number of nitrogens with two attached hydrogens (primary N) is 1. The third kappa shape index (κ3) is 3.62. The number of benzene rings is 1. The maximum absolute atomic E-state index is 13.3. The van der Waals surface area contributed by atoms with Crippen LogP contribution in [0.3, 0.4) is 0 Å². The van der Waals surface area contributed by atoms with Crippen molar-refractivity contribution in [2.24, 2.45) is 5.73 Å². The first kappa shape index (κ1) is 13.8. The van der Waals surface area contributed by atoms with Crippen molar-refractivity contribution in [3.8, 4) is 0 Å². The molecule has 1 amide bonds. The summed E-state index contributed by atoms with van der Waals surface area (Å²) < 4.78 is 30.7. The van der Waals surface area contributed by atoms with Crippen LogP contribution >= 0.6 is 11.6 Å². The van der Waals surface area contributed by atoms with E-state index in [1.54, 1.807) is 0 Å². The number of anilines is 1. The summed E-state index contributed by atoms with van der Waals surface area (Å²) in [4.78, 5) is 11.5. The molecule has 1 atom stereocenters. The fourth-order valence-electron chi connectivity index (χ4n) is 1.13. The number of carbonyl (C=O) groups excluding carboxylic acids is 1. The molecule has 3 N–H and O–H groups in total. The van der Waals surface area contributed by atoms with Gasteiger partial charge in [0, 0.05) is 13.2 Å². The van der Waals surface area contributed by atoms with Gasteiger partial charge in [-0.25, -0.2) is 8.78 Å². The zero-order valence-corrected chi connectivity index (χ0v) is 9.72. The number of halogens is 3. The molecule has 0 aliphatic rings. The van der Waals surface area contributed by atoms with Crippen LogP contribution in [0.25, 0.3) is 0 Å². The first-order chi connectivity index (χ1) is 7.95. The molecular weight excluding hydrogens is 254 g/mol. The SMILES string of the molecule is COCC(N)C(=O)Nc1c(F)cc(F)cc1Cl. The van der Waals surface area contributed by atoms with Crippen molar-refractivity contribution in [2.75, 3.05) is 19.0 Å². The summed E-state index contributed by atoms with van der Waals surface area (Å²) in [5.41, 5.74) is 5.13. The van der Waals surface area contributed by atoms with E-state index in [1.165, 1.54) is 7.11 Å². The van der Waals surface area contributed by atoms with Crippen LogP contribution in [0.5, 0.6) is 0 Å². The molecule has 1 rings (SSSR count). The highest BCUT2D eigenvalue weighted by molar-refractivity contribution is 6.33. The van der Waals surface area contributed by atoms with Gasteiger partial charge in [-0.1, -0.05) is 11.6 Å². The molecule has 0 saturated heterocycles. The normalized spacial score (nSPS) is 12.3. The van der Waals surface area contributed by atoms with E-state index in [0.29, 0.717) is 6.07 Å². The molecule has 17 heavy (non-hydrogen) atoms. The lowest BCUT2D eigenvalue weighted by Gasteiger charge is -2.12. The van der Waals surface area contributed by atoms with Crippen molar-refractivity contribution in [1.29, 1.82) is 0 Å². The number of hydrogen-bond donors (Lipinski definition) is 2. The zero-order chi connectivity index (χ0) is 13.0. The Morgan fingerprint density at radius 1 is 1.59 bits per heavy atom. The number of amides is 1. The van der Waals surface area contributed by atoms with Crippen molar-refractivity contribution in [2.45, 2.75) is 6.04 Å². The van der Waals surface area contributed by atoms with Crippen molar-refractivity contribution >= 4 is 23.2 Å². The monoisotopic (exact) mass is 264 g/mol. The summed E-state index contributed by atoms with van der Waals surface area (Å²) in [7, 11) is 1.37. The minimum Gasteiger partial charge on any atom is -0.383 e. The molecule has 0 bridgehead atoms. The van der Waals surface area contributed by atoms with Gasteiger partial charge in [0.1, 0.15) is 11.9 Å². The highest BCUT2D eigenvalue weighted by atomic mass is 35.5. The number of hydrogen-bond acceptors (Lipinski definition) is 3. The van der Waals surface area contributed by atoms with Gasteiger partial charge in [0.25, 0.3) is 0 Å². The lowest BCUT2D eigenvalue weighted by Crippen LogP contribution is -2.39. The molecule has 0 fully saturated rings. The van der Waals surface area contributed by atoms with Crippen LogP contribution in [0.4, 0.5) is 14.5 Å². The lowest BCUT2D eigenvalue weighted by molar-refractivity contribution is -0.118. The molecule has 1 aromatic carbocycles. The second-order valence-corrected chi connectivity index (χ2v) is 3.70. The van der Waals surface area contributed by atoms with Crippen molar-refractivity contribution in [3.05, 3.63) is 28.8 Å². The van der Waals surface area contributed by atoms with Gasteiger partial charge in [-0.05, 0) is 6.07 Å². The predicted octanol–water partition coefficient (Wildman–Crippen LogP) is 1.53. The van der Waals surface area contributed by atoms with Gasteiger partial charge < -0.3 is 15.8 Å². The number of methoxy groups -OCH3 is 1. The maximum Gasteiger partial charge on any atom is 0.243 e. The molecule has 4 nitrogen and oxygen atoms in total. The maximum atomic E-state index is 13.3. The van der Waals surface area contributed by atoms with E-state index in [1.807, 2.05) is 0 Å². The number of carbonyl (C=O) groups is 1. The van der Waals surface area contributed by atoms with Crippen LogP contribution in [-0.4, -0.2) is 25.7 Å². The van der Waals surface area contributed by atoms with Gasteiger partial charge in [-0.15, -0.1) is 0 Å². The van der Waals surface area contributed by atoms with E-state index in [9.17, 15) is 13.6 Å². The summed E-state index contributed by atoms with van der Waals surface area (Å²) >= 11 is 5.59. The van der Waals surface area contributed by atoms with E-state index in [2.05, 4.69) is 10.1 Å². The van der Waals surface area contributed by atoms with Crippen LogP contribution < -0.4 is 11.1 Å². The molecule has 0 spiro atoms. The Morgan fingerprint density at radius 3 is 2.76 bits per heavy atom. The number of rotatable bonds is 4. The summed E-state index contributed by atoms with van der Waals surface area (Å²) in [6.07, 6.45) is 0. The van der Waals surface area contributed by atoms with Crippen LogP contribution in [-0.2, 0) is 9.53 Å². The van der Waals surface area contributed by atoms with E-state index >= 15 is 0 Å². The molecule has 0 aliphatic heterocycles. The molecule has 1 unspecified atom stereocenters. The molecule has 0 aliphatic carbocycles. The van der Waals surface area contributed by atoms with Crippen LogP contribution in [0.15, 0.2) is 12.1 Å². The molecule has 0 aromatic heterocycles. The summed E-state index contributed by atoms with van der Waals surface area (Å²) in [5.74, 6) is -2.46. The first-order valence-corrected chi connectivity index (χ1v) is 5.03. The second-order valence-electron chi connectivity index (χ2n) is 3.30. The Hall–Kier alpha value is -1.24. The summed E-state index contributed by atoms with van der Waals surface area (Å²) in [5, 5.41) is 1.94. The standard InChI is InChI=1S/C10H11ClF2N2O2/c1-17-4-8(14)10(16)15-9-6(11)2-5(12)3-7(9)13/h2-3,8H,4,14H2,1H3,(H,15,16). The Morgan fingerprint density at radius 2 is 2.24 bits per heavy atom. The number of ether oxygens (including phenoxy) is 1. The average molecular weight is 265 g/mol. The van der Waals surface area contributed by atoms with Crippen LogP contribution in [0, 0.1) is 11.6 Å². The van der Waals surface area contributed by atoms with Gasteiger partial charge in [0.05, 0.1) is 17.3 Å². The van der Waals surface area contributed by atoms with Crippen molar-refractivity contribution in [3.63, 3.8) is 0 Å². The predicted molar refractivity (Wildman–Crippen MR) is 59.8 cm³/mol. The van der Waals surface area contributed by atoms with Gasteiger partial charge in [0.2, 0.25) is 5.91 Å². The van der Waals surface area contributed by atoms with Crippen molar-refractivity contribution in [1.82, 2.24) is 0 Å². The van der Waals surface area contributed by atoms with E-state index in [-0.39, 0.29) is 17.3 Å². The van der Waals surface area contributed by atoms with Crippen LogP contribution in [0.1, 0.15) is 0 Å².